The molecular weight excluding hydrogens is 232 g/mol. The summed E-state index contributed by atoms with van der Waals surface area (Å²) < 4.78 is 5.19. The molecule has 0 radical (unpaired) electrons. The van der Waals surface area contributed by atoms with Crippen molar-refractivity contribution in [2.45, 2.75) is 18.9 Å². The van der Waals surface area contributed by atoms with Crippen LogP contribution in [0.5, 0.6) is 5.75 Å². The predicted molar refractivity (Wildman–Crippen MR) is 68.6 cm³/mol. The first-order valence-corrected chi connectivity index (χ1v) is 6.03. The first-order chi connectivity index (χ1) is 8.69. The summed E-state index contributed by atoms with van der Waals surface area (Å²) >= 11 is 0. The Kier molecular flexibility index (Phi) is 3.72. The molecule has 3 N–H and O–H groups in total. The highest BCUT2D eigenvalue weighted by Gasteiger charge is 2.31. The Hall–Kier alpha value is -1.75. The van der Waals surface area contributed by atoms with Crippen molar-refractivity contribution in [2.24, 2.45) is 0 Å². The molecule has 5 nitrogen and oxygen atoms in total. The minimum atomic E-state index is -0.165. The number of rotatable bonds is 3. The number of aliphatic hydroxyl groups is 1. The van der Waals surface area contributed by atoms with Gasteiger partial charge in [-0.3, -0.25) is 4.79 Å². The summed E-state index contributed by atoms with van der Waals surface area (Å²) in [6.45, 7) is 0.641. The molecule has 0 bridgehead atoms. The second-order valence-electron chi connectivity index (χ2n) is 4.40. The summed E-state index contributed by atoms with van der Waals surface area (Å²) in [7, 11) is 1.51. The lowest BCUT2D eigenvalue weighted by atomic mass is 10.1. The number of likely N-dealkylation sites (tertiary alicyclic amines) is 1. The normalized spacial score (nSPS) is 19.0. The van der Waals surface area contributed by atoms with E-state index in [9.17, 15) is 9.90 Å². The van der Waals surface area contributed by atoms with Gasteiger partial charge in [0.25, 0.3) is 5.91 Å². The second kappa shape index (κ2) is 5.27. The largest absolute Gasteiger partial charge is 0.496 e. The number of amides is 1. The molecule has 1 unspecified atom stereocenters. The van der Waals surface area contributed by atoms with Crippen molar-refractivity contribution in [1.29, 1.82) is 0 Å². The Balaban J connectivity index is 2.34. The number of methoxy groups -OCH3 is 1. The maximum Gasteiger partial charge on any atom is 0.260 e. The summed E-state index contributed by atoms with van der Waals surface area (Å²) in [6, 6.07) is 5.04. The highest BCUT2D eigenvalue weighted by atomic mass is 16.5. The van der Waals surface area contributed by atoms with Gasteiger partial charge in [-0.15, -0.1) is 0 Å². The molecule has 0 aromatic heterocycles. The van der Waals surface area contributed by atoms with Crippen LogP contribution in [0.1, 0.15) is 23.2 Å². The summed E-state index contributed by atoms with van der Waals surface area (Å²) in [6.07, 6.45) is 1.74. The van der Waals surface area contributed by atoms with E-state index in [1.54, 1.807) is 23.1 Å². The van der Waals surface area contributed by atoms with Crippen molar-refractivity contribution in [2.75, 3.05) is 26.0 Å². The van der Waals surface area contributed by atoms with Gasteiger partial charge < -0.3 is 20.5 Å². The van der Waals surface area contributed by atoms with Gasteiger partial charge in [0.05, 0.1) is 19.8 Å². The van der Waals surface area contributed by atoms with Crippen LogP contribution in [-0.4, -0.2) is 42.2 Å². The van der Waals surface area contributed by atoms with Gasteiger partial charge in [-0.2, -0.15) is 0 Å². The fraction of sp³-hybridized carbons (Fsp3) is 0.462. The average Bonchev–Trinajstić information content (AvgIpc) is 2.85. The van der Waals surface area contributed by atoms with E-state index >= 15 is 0 Å². The number of hydrogen-bond acceptors (Lipinski definition) is 4. The SMILES string of the molecule is COc1cccc(N)c1C(=O)N1CCCC1CO. The van der Waals surface area contributed by atoms with E-state index in [1.165, 1.54) is 7.11 Å². The fourth-order valence-electron chi connectivity index (χ4n) is 2.38. The van der Waals surface area contributed by atoms with Gasteiger partial charge in [0.2, 0.25) is 0 Å². The Morgan fingerprint density at radius 3 is 3.06 bits per heavy atom. The summed E-state index contributed by atoms with van der Waals surface area (Å²) in [5, 5.41) is 9.27. The molecule has 0 aliphatic carbocycles. The molecule has 1 aromatic rings. The molecule has 1 aliphatic heterocycles. The minimum Gasteiger partial charge on any atom is -0.496 e. The number of aliphatic hydroxyl groups excluding tert-OH is 1. The van der Waals surface area contributed by atoms with E-state index in [0.29, 0.717) is 23.5 Å². The van der Waals surface area contributed by atoms with E-state index in [2.05, 4.69) is 0 Å². The van der Waals surface area contributed by atoms with Crippen LogP contribution in [0.2, 0.25) is 0 Å². The van der Waals surface area contributed by atoms with Crippen molar-refractivity contribution in [1.82, 2.24) is 4.90 Å². The Labute approximate surface area is 106 Å². The van der Waals surface area contributed by atoms with E-state index in [1.807, 2.05) is 0 Å². The number of carbonyl (C=O) groups is 1. The van der Waals surface area contributed by atoms with Crippen LogP contribution in [0, 0.1) is 0 Å². The van der Waals surface area contributed by atoms with Crippen LogP contribution in [0.3, 0.4) is 0 Å². The van der Waals surface area contributed by atoms with E-state index < -0.39 is 0 Å². The molecular formula is C13H18N2O3. The molecule has 98 valence electrons. The van der Waals surface area contributed by atoms with Gasteiger partial charge in [-0.25, -0.2) is 0 Å². The van der Waals surface area contributed by atoms with Crippen LogP contribution in [0.15, 0.2) is 18.2 Å². The highest BCUT2D eigenvalue weighted by molar-refractivity contribution is 6.02. The molecule has 18 heavy (non-hydrogen) atoms. The van der Waals surface area contributed by atoms with Crippen LogP contribution < -0.4 is 10.5 Å². The molecule has 1 fully saturated rings. The minimum absolute atomic E-state index is 0.0131. The third-order valence-corrected chi connectivity index (χ3v) is 3.34. The molecule has 0 spiro atoms. The van der Waals surface area contributed by atoms with Gasteiger partial charge in [-0.1, -0.05) is 6.07 Å². The standard InChI is InChI=1S/C13H18N2O3/c1-18-11-6-2-5-10(14)12(11)13(17)15-7-3-4-9(15)8-16/h2,5-6,9,16H,3-4,7-8,14H2,1H3. The van der Waals surface area contributed by atoms with Gasteiger partial charge >= 0.3 is 0 Å². The Morgan fingerprint density at radius 1 is 1.61 bits per heavy atom. The van der Waals surface area contributed by atoms with Crippen LogP contribution in [0.25, 0.3) is 0 Å². The second-order valence-corrected chi connectivity index (χ2v) is 4.40. The molecule has 1 saturated heterocycles. The number of nitrogen functional groups attached to an aromatic ring is 1. The van der Waals surface area contributed by atoms with Crippen LogP contribution in [-0.2, 0) is 0 Å². The lowest BCUT2D eigenvalue weighted by Crippen LogP contribution is -2.38. The zero-order chi connectivity index (χ0) is 13.1. The van der Waals surface area contributed by atoms with Crippen LogP contribution in [0.4, 0.5) is 5.69 Å². The number of anilines is 1. The summed E-state index contributed by atoms with van der Waals surface area (Å²) in [5.74, 6) is 0.310. The van der Waals surface area contributed by atoms with E-state index in [4.69, 9.17) is 10.5 Å². The number of nitrogens with zero attached hydrogens (tertiary/aromatic N) is 1. The summed E-state index contributed by atoms with van der Waals surface area (Å²) in [5.41, 5.74) is 6.66. The maximum absolute atomic E-state index is 12.5. The van der Waals surface area contributed by atoms with Crippen molar-refractivity contribution in [3.05, 3.63) is 23.8 Å². The first kappa shape index (κ1) is 12.7. The van der Waals surface area contributed by atoms with E-state index in [0.717, 1.165) is 12.8 Å². The fourth-order valence-corrected chi connectivity index (χ4v) is 2.38. The molecule has 0 saturated carbocycles. The number of ether oxygens (including phenoxy) is 1. The maximum atomic E-state index is 12.5. The molecule has 1 aromatic carbocycles. The third-order valence-electron chi connectivity index (χ3n) is 3.34. The predicted octanol–water partition coefficient (Wildman–Crippen LogP) is 0.874. The molecule has 2 rings (SSSR count). The van der Waals surface area contributed by atoms with Crippen molar-refractivity contribution in [3.8, 4) is 5.75 Å². The van der Waals surface area contributed by atoms with Crippen molar-refractivity contribution in [3.63, 3.8) is 0 Å². The molecule has 5 heteroatoms. The molecule has 1 heterocycles. The zero-order valence-corrected chi connectivity index (χ0v) is 10.4. The molecule has 1 aliphatic rings. The van der Waals surface area contributed by atoms with Gasteiger partial charge in [0, 0.05) is 12.2 Å². The topological polar surface area (TPSA) is 75.8 Å². The average molecular weight is 250 g/mol. The smallest absolute Gasteiger partial charge is 0.260 e. The summed E-state index contributed by atoms with van der Waals surface area (Å²) in [4.78, 5) is 14.1. The lowest BCUT2D eigenvalue weighted by molar-refractivity contribution is 0.0675. The molecule has 1 atom stereocenters. The number of hydrogen-bond donors (Lipinski definition) is 2. The number of benzene rings is 1. The lowest BCUT2D eigenvalue weighted by Gasteiger charge is -2.24. The van der Waals surface area contributed by atoms with Gasteiger partial charge in [0.15, 0.2) is 0 Å². The number of nitrogens with two attached hydrogens (primary N) is 1. The Bertz CT molecular complexity index is 448. The van der Waals surface area contributed by atoms with Crippen molar-refractivity contribution < 1.29 is 14.6 Å². The van der Waals surface area contributed by atoms with E-state index in [-0.39, 0.29) is 18.6 Å². The third kappa shape index (κ3) is 2.13. The first-order valence-electron chi connectivity index (χ1n) is 6.03. The van der Waals surface area contributed by atoms with Crippen molar-refractivity contribution >= 4 is 11.6 Å². The molecule has 1 amide bonds. The quantitative estimate of drug-likeness (QED) is 0.781. The zero-order valence-electron chi connectivity index (χ0n) is 10.4. The number of carbonyl (C=O) groups excluding carboxylic acids is 1. The van der Waals surface area contributed by atoms with Gasteiger partial charge in [0.1, 0.15) is 11.3 Å². The van der Waals surface area contributed by atoms with Gasteiger partial charge in [-0.05, 0) is 25.0 Å². The highest BCUT2D eigenvalue weighted by Crippen LogP contribution is 2.28. The monoisotopic (exact) mass is 250 g/mol. The Morgan fingerprint density at radius 2 is 2.39 bits per heavy atom. The van der Waals surface area contributed by atoms with Crippen LogP contribution >= 0.6 is 0 Å².